The highest BCUT2D eigenvalue weighted by Gasteiger charge is 2.42. The van der Waals surface area contributed by atoms with E-state index in [-0.39, 0.29) is 11.3 Å². The summed E-state index contributed by atoms with van der Waals surface area (Å²) in [7, 11) is 4.11. The molecule has 2 aromatic carbocycles. The van der Waals surface area contributed by atoms with Crippen LogP contribution in [0.4, 0.5) is 28.8 Å². The largest absolute Gasteiger partial charge is 0.382 e. The molecule has 0 bridgehead atoms. The van der Waals surface area contributed by atoms with Gasteiger partial charge in [0.05, 0.1) is 17.4 Å². The number of hydrogen-bond acceptors (Lipinski definition) is 8. The van der Waals surface area contributed by atoms with Crippen LogP contribution in [0.25, 0.3) is 17.0 Å². The van der Waals surface area contributed by atoms with Gasteiger partial charge in [-0.2, -0.15) is 10.1 Å². The Kier molecular flexibility index (Phi) is 9.31. The van der Waals surface area contributed by atoms with Gasteiger partial charge < -0.3 is 25.8 Å². The van der Waals surface area contributed by atoms with Crippen LogP contribution in [-0.4, -0.2) is 45.9 Å². The molecule has 4 aromatic rings. The first kappa shape index (κ1) is 35.0. The molecule has 3 fully saturated rings. The van der Waals surface area contributed by atoms with Crippen LogP contribution >= 0.6 is 11.6 Å². The van der Waals surface area contributed by atoms with Crippen LogP contribution in [0.3, 0.4) is 0 Å². The highest BCUT2D eigenvalue weighted by Crippen LogP contribution is 2.46. The van der Waals surface area contributed by atoms with E-state index in [4.69, 9.17) is 21.7 Å². The van der Waals surface area contributed by atoms with Crippen LogP contribution in [0.5, 0.6) is 0 Å². The third-order valence-corrected chi connectivity index (χ3v) is 12.2. The minimum absolute atomic E-state index is 0.196. The molecule has 3 aliphatic heterocycles. The van der Waals surface area contributed by atoms with Gasteiger partial charge in [-0.15, -0.1) is 6.58 Å². The number of rotatable bonds is 9. The predicted molar refractivity (Wildman–Crippen MR) is 221 cm³/mol. The highest BCUT2D eigenvalue weighted by atomic mass is 35.5. The first-order valence-electron chi connectivity index (χ1n) is 18.9. The van der Waals surface area contributed by atoms with E-state index in [0.29, 0.717) is 16.9 Å². The zero-order valence-corrected chi connectivity index (χ0v) is 31.8. The molecule has 3 N–H and O–H groups in total. The van der Waals surface area contributed by atoms with Crippen molar-refractivity contribution >= 4 is 57.4 Å². The molecule has 8 rings (SSSR count). The smallest absolute Gasteiger partial charge is 0.227 e. The maximum atomic E-state index is 6.66. The molecule has 1 aliphatic carbocycles. The summed E-state index contributed by atoms with van der Waals surface area (Å²) in [5, 5.41) is 17.3. The quantitative estimate of drug-likeness (QED) is 0.147. The van der Waals surface area contributed by atoms with Crippen LogP contribution in [0.2, 0.25) is 5.02 Å². The average molecular weight is 728 g/mol. The van der Waals surface area contributed by atoms with Crippen molar-refractivity contribution in [3.05, 3.63) is 114 Å². The lowest BCUT2D eigenvalue weighted by atomic mass is 9.72. The Bertz CT molecular complexity index is 2150. The number of fused-ring (bicyclic) bond motifs is 2. The second kappa shape index (κ2) is 14.1. The Morgan fingerprint density at radius 1 is 1.04 bits per heavy atom. The number of anilines is 5. The van der Waals surface area contributed by atoms with Crippen molar-refractivity contribution in [2.24, 2.45) is 12.5 Å². The number of nitrogens with zero attached hydrogens (tertiary/aromatic N) is 6. The summed E-state index contributed by atoms with van der Waals surface area (Å²) in [6, 6.07) is 13.5. The fraction of sp³-hybridized carbons (Fsp3) is 0.372. The maximum Gasteiger partial charge on any atom is 0.227 e. The molecule has 274 valence electrons. The molecule has 1 atom stereocenters. The van der Waals surface area contributed by atoms with Gasteiger partial charge in [0.15, 0.2) is 5.82 Å². The third-order valence-electron chi connectivity index (χ3n) is 11.9. The molecule has 0 radical (unpaired) electrons. The zero-order chi connectivity index (χ0) is 36.9. The van der Waals surface area contributed by atoms with Crippen LogP contribution in [0, 0.1) is 5.41 Å². The van der Waals surface area contributed by atoms with Crippen LogP contribution < -0.4 is 25.8 Å². The van der Waals surface area contributed by atoms with Gasteiger partial charge in [-0.1, -0.05) is 37.4 Å². The number of likely N-dealkylation sites (N-methyl/N-ethyl adjacent to an activating group) is 1. The number of nitrogens with one attached hydrogen (secondary N) is 3. The predicted octanol–water partition coefficient (Wildman–Crippen LogP) is 9.82. The Morgan fingerprint density at radius 2 is 1.85 bits per heavy atom. The van der Waals surface area contributed by atoms with Gasteiger partial charge in [-0.25, -0.2) is 4.98 Å². The summed E-state index contributed by atoms with van der Waals surface area (Å²) < 4.78 is 2.01. The van der Waals surface area contributed by atoms with Gasteiger partial charge in [0.2, 0.25) is 5.95 Å². The number of benzene rings is 2. The van der Waals surface area contributed by atoms with Gasteiger partial charge in [0, 0.05) is 84.2 Å². The molecule has 53 heavy (non-hydrogen) atoms. The molecule has 1 spiro atoms. The van der Waals surface area contributed by atoms with Crippen molar-refractivity contribution in [2.75, 3.05) is 40.6 Å². The Labute approximate surface area is 318 Å². The van der Waals surface area contributed by atoms with Crippen molar-refractivity contribution in [1.29, 1.82) is 0 Å². The molecule has 1 unspecified atom stereocenters. The summed E-state index contributed by atoms with van der Waals surface area (Å²) in [5.74, 6) is 1.55. The molecular formula is C43H50ClN9. The molecule has 1 saturated carbocycles. The van der Waals surface area contributed by atoms with Crippen molar-refractivity contribution in [1.82, 2.24) is 25.1 Å². The summed E-state index contributed by atoms with van der Waals surface area (Å²) in [6.07, 6.45) is 15.4. The number of aryl methyl sites for hydroxylation is 1. The van der Waals surface area contributed by atoms with E-state index < -0.39 is 0 Å². The first-order chi connectivity index (χ1) is 25.6. The number of hydrogen-bond donors (Lipinski definition) is 3. The van der Waals surface area contributed by atoms with E-state index >= 15 is 0 Å². The Morgan fingerprint density at radius 3 is 2.64 bits per heavy atom. The molecular weight excluding hydrogens is 678 g/mol. The van der Waals surface area contributed by atoms with Crippen molar-refractivity contribution in [2.45, 2.75) is 69.7 Å². The first-order valence-corrected chi connectivity index (χ1v) is 19.3. The minimum atomic E-state index is 0.196. The van der Waals surface area contributed by atoms with E-state index in [1.54, 1.807) is 6.20 Å². The summed E-state index contributed by atoms with van der Waals surface area (Å²) in [5.41, 5.74) is 11.1. The molecule has 4 aliphatic rings. The molecule has 10 heteroatoms. The van der Waals surface area contributed by atoms with E-state index in [1.165, 1.54) is 23.8 Å². The summed E-state index contributed by atoms with van der Waals surface area (Å²) >= 11 is 6.66. The van der Waals surface area contributed by atoms with Crippen LogP contribution in [0.15, 0.2) is 97.7 Å². The second-order valence-electron chi connectivity index (χ2n) is 15.4. The summed E-state index contributed by atoms with van der Waals surface area (Å²) in [6.45, 7) is 18.5. The topological polar surface area (TPSA) is 86.2 Å². The number of aromatic nitrogens is 4. The Balaban J connectivity index is 0.902. The van der Waals surface area contributed by atoms with Gasteiger partial charge in [0.1, 0.15) is 5.02 Å². The third kappa shape index (κ3) is 6.83. The lowest BCUT2D eigenvalue weighted by Gasteiger charge is -2.37. The molecule has 5 heterocycles. The average Bonchev–Trinajstić information content (AvgIpc) is 3.71. The zero-order valence-electron chi connectivity index (χ0n) is 31.0. The Hall–Kier alpha value is -5.02. The second-order valence-corrected chi connectivity index (χ2v) is 15.9. The van der Waals surface area contributed by atoms with Gasteiger partial charge >= 0.3 is 0 Å². The van der Waals surface area contributed by atoms with Gasteiger partial charge in [0.25, 0.3) is 0 Å². The van der Waals surface area contributed by atoms with E-state index in [2.05, 4.69) is 107 Å². The van der Waals surface area contributed by atoms with Crippen molar-refractivity contribution < 1.29 is 0 Å². The van der Waals surface area contributed by atoms with Crippen molar-refractivity contribution in [3.8, 4) is 0 Å². The normalized spacial score (nSPS) is 22.9. The van der Waals surface area contributed by atoms with Crippen LogP contribution in [0.1, 0.15) is 75.0 Å². The lowest BCUT2D eigenvalue weighted by Crippen LogP contribution is -2.36. The number of allylic oxidation sites excluding steroid dienone is 4. The minimum Gasteiger partial charge on any atom is -0.382 e. The fourth-order valence-electron chi connectivity index (χ4n) is 8.82. The van der Waals surface area contributed by atoms with Crippen molar-refractivity contribution in [3.63, 3.8) is 0 Å². The number of piperidine rings is 1. The lowest BCUT2D eigenvalue weighted by molar-refractivity contribution is 0.208. The van der Waals surface area contributed by atoms with E-state index in [1.807, 2.05) is 17.8 Å². The van der Waals surface area contributed by atoms with E-state index in [0.717, 1.165) is 115 Å². The highest BCUT2D eigenvalue weighted by molar-refractivity contribution is 6.32. The SMILES string of the molecule is C=CCCC1=Cc2cc(Nc3nc(N4CCC5(CCC(Nc6ccc7c(C8CCC(=C)NC8=C)nn(C)c7c6)CC5)C4)ncc3Cl)ccc2N(C)C1=C. The maximum absolute atomic E-state index is 6.66. The fourth-order valence-corrected chi connectivity index (χ4v) is 8.96. The standard InChI is InChI=1S/C43H50ClN9/c1-7-8-9-30-22-31-23-33(12-15-38(31)51(5)29(30)4)48-41-37(44)25-45-42(49-41)53-21-20-43(26-53)18-16-32(17-19-43)47-34-11-14-36-39(24-34)52(6)50-40(36)35-13-10-27(2)46-28(35)3/h7,11-12,14-15,22-25,32,35,46-47H,1-4,8-10,13,16-21,26H2,5-6H3,(H,45,48,49). The molecule has 9 nitrogen and oxygen atoms in total. The molecule has 0 amide bonds. The molecule has 2 saturated heterocycles. The summed E-state index contributed by atoms with van der Waals surface area (Å²) in [4.78, 5) is 14.1. The van der Waals surface area contributed by atoms with Crippen LogP contribution in [-0.2, 0) is 7.05 Å². The monoisotopic (exact) mass is 727 g/mol. The van der Waals surface area contributed by atoms with E-state index in [9.17, 15) is 0 Å². The molecule has 2 aromatic heterocycles. The van der Waals surface area contributed by atoms with Gasteiger partial charge in [-0.3, -0.25) is 4.68 Å². The number of halogens is 1. The van der Waals surface area contributed by atoms with Gasteiger partial charge in [-0.05, 0) is 111 Å².